The van der Waals surface area contributed by atoms with E-state index < -0.39 is 6.09 Å². The zero-order valence-electron chi connectivity index (χ0n) is 36.5. The van der Waals surface area contributed by atoms with Crippen LogP contribution in [-0.2, 0) is 0 Å². The molecule has 4 aromatic heterocycles. The summed E-state index contributed by atoms with van der Waals surface area (Å²) in [6.45, 7) is 0. The quantitative estimate of drug-likeness (QED) is 0.107. The van der Waals surface area contributed by atoms with Crippen molar-refractivity contribution in [3.8, 4) is 22.8 Å². The molecule has 10 rings (SSSR count). The molecule has 0 aliphatic heterocycles. The summed E-state index contributed by atoms with van der Waals surface area (Å²) < 4.78 is 1.17. The lowest BCUT2D eigenvalue weighted by molar-refractivity contribution is 0.121. The van der Waals surface area contributed by atoms with Crippen LogP contribution in [0.5, 0.6) is 0 Å². The van der Waals surface area contributed by atoms with Gasteiger partial charge in [0.25, 0.3) is 0 Å². The van der Waals surface area contributed by atoms with Crippen LogP contribution >= 0.6 is 0 Å². The number of amides is 4. The highest BCUT2D eigenvalue weighted by molar-refractivity contribution is 5.97. The van der Waals surface area contributed by atoms with Gasteiger partial charge < -0.3 is 31.1 Å². The second-order valence-corrected chi connectivity index (χ2v) is 15.9. The van der Waals surface area contributed by atoms with E-state index in [0.29, 0.717) is 67.8 Å². The van der Waals surface area contributed by atoms with Crippen molar-refractivity contribution < 1.29 is 19.2 Å². The lowest BCUT2D eigenvalue weighted by Crippen LogP contribution is -2.27. The Labute approximate surface area is 381 Å². The Balaban J connectivity index is 0.867. The number of hydrogen-bond donors (Lipinski definition) is 4. The highest BCUT2D eigenvalue weighted by Crippen LogP contribution is 2.32. The lowest BCUT2D eigenvalue weighted by Gasteiger charge is -2.14. The molecule has 0 spiro atoms. The van der Waals surface area contributed by atoms with E-state index in [9.17, 15) is 14.4 Å². The number of para-hydroxylation sites is 2. The molecule has 4 N–H and O–H groups in total. The average molecular weight is 889 g/mol. The topological polar surface area (TPSA) is 202 Å². The van der Waals surface area contributed by atoms with Gasteiger partial charge in [0.1, 0.15) is 17.2 Å². The van der Waals surface area contributed by atoms with E-state index in [1.165, 1.54) is 14.5 Å². The summed E-state index contributed by atoms with van der Waals surface area (Å²) >= 11 is 0. The summed E-state index contributed by atoms with van der Waals surface area (Å²) in [7, 11) is 6.71. The molecule has 10 aromatic rings. The fraction of sp³-hybridized carbons (Fsp3) is 0.0816. The SMILES string of the molecule is CN(C)C(=O)Nc1cccc(-c2nc(Nc3ccc4c(cnn4OC(=O)n4ncc5cc(Nc6nc(-c7cccc(NC(=O)N(C)C)c7)nc7ccccc67)ccc54)c3)c3ccccc3n2)c1. The molecule has 6 aromatic carbocycles. The zero-order valence-corrected chi connectivity index (χ0v) is 36.5. The predicted octanol–water partition coefficient (Wildman–Crippen LogP) is 9.38. The first-order valence-electron chi connectivity index (χ1n) is 21.0. The van der Waals surface area contributed by atoms with Crippen molar-refractivity contribution in [3.05, 3.63) is 146 Å². The number of carbonyl (C=O) groups excluding carboxylic acids is 3. The normalized spacial score (nSPS) is 11.2. The predicted molar refractivity (Wildman–Crippen MR) is 259 cm³/mol. The number of nitrogens with zero attached hydrogens (tertiary/aromatic N) is 10. The van der Waals surface area contributed by atoms with Crippen LogP contribution in [0.4, 0.5) is 48.8 Å². The summed E-state index contributed by atoms with van der Waals surface area (Å²) in [4.78, 5) is 67.6. The van der Waals surface area contributed by atoms with E-state index in [4.69, 9.17) is 24.8 Å². The highest BCUT2D eigenvalue weighted by atomic mass is 16.7. The van der Waals surface area contributed by atoms with Crippen molar-refractivity contribution in [3.63, 3.8) is 0 Å². The summed E-state index contributed by atoms with van der Waals surface area (Å²) in [6, 6.07) is 40.6. The van der Waals surface area contributed by atoms with Crippen molar-refractivity contribution in [2.75, 3.05) is 49.5 Å². The van der Waals surface area contributed by atoms with Crippen molar-refractivity contribution in [1.29, 1.82) is 0 Å². The monoisotopic (exact) mass is 888 g/mol. The molecule has 0 aliphatic carbocycles. The maximum atomic E-state index is 13.6. The van der Waals surface area contributed by atoms with Gasteiger partial charge in [-0.15, -0.1) is 5.10 Å². The van der Waals surface area contributed by atoms with Crippen LogP contribution in [0.15, 0.2) is 146 Å². The number of rotatable bonds is 9. The maximum Gasteiger partial charge on any atom is 0.461 e. The van der Waals surface area contributed by atoms with Gasteiger partial charge in [-0.3, -0.25) is 4.84 Å². The molecule has 4 heterocycles. The van der Waals surface area contributed by atoms with E-state index in [-0.39, 0.29) is 12.1 Å². The first kappa shape index (κ1) is 41.6. The zero-order chi connectivity index (χ0) is 46.2. The molecule has 0 atom stereocenters. The second kappa shape index (κ2) is 17.3. The van der Waals surface area contributed by atoms with E-state index in [0.717, 1.165) is 37.8 Å². The van der Waals surface area contributed by atoms with Gasteiger partial charge in [-0.2, -0.15) is 9.78 Å². The molecule has 4 amide bonds. The Hall–Kier alpha value is -9.45. The maximum absolute atomic E-state index is 13.6. The Morgan fingerprint density at radius 2 is 1.00 bits per heavy atom. The van der Waals surface area contributed by atoms with Crippen LogP contribution in [-0.4, -0.2) is 95.8 Å². The standard InChI is InChI=1S/C49H40N14O4/c1-60(2)47(64)54-33-13-9-11-29(23-33)43-56-39-17-7-5-15-37(39)45(58-43)52-35-19-21-41-31(25-35)27-50-62(41)49(66)67-63-42-22-20-36(26-32(42)28-51-63)53-46-38-16-6-8-18-40(38)57-44(59-46)30-12-10-14-34(24-30)55-48(65)61(3)4/h5-28H,1-4H3,(H,54,64)(H,55,65)(H,52,56,58)(H,53,57,59). The van der Waals surface area contributed by atoms with Crippen molar-refractivity contribution in [1.82, 2.24) is 49.5 Å². The molecule has 0 radical (unpaired) electrons. The number of anilines is 6. The molecule has 67 heavy (non-hydrogen) atoms. The highest BCUT2D eigenvalue weighted by Gasteiger charge is 2.18. The molecule has 0 bridgehead atoms. The third kappa shape index (κ3) is 8.52. The van der Waals surface area contributed by atoms with Crippen LogP contribution in [0.3, 0.4) is 0 Å². The minimum Gasteiger partial charge on any atom is -0.340 e. The van der Waals surface area contributed by atoms with Gasteiger partial charge in [0, 0.05) is 83.6 Å². The van der Waals surface area contributed by atoms with Gasteiger partial charge >= 0.3 is 18.2 Å². The molecule has 0 saturated carbocycles. The van der Waals surface area contributed by atoms with Crippen LogP contribution < -0.4 is 26.1 Å². The van der Waals surface area contributed by atoms with E-state index >= 15 is 0 Å². The Morgan fingerprint density at radius 3 is 1.54 bits per heavy atom. The molecular weight excluding hydrogens is 849 g/mol. The van der Waals surface area contributed by atoms with Crippen molar-refractivity contribution >= 4 is 96.2 Å². The Kier molecular flexibility index (Phi) is 10.7. The average Bonchev–Trinajstić information content (AvgIpc) is 3.95. The van der Waals surface area contributed by atoms with Gasteiger partial charge in [-0.05, 0) is 84.9 Å². The summed E-state index contributed by atoms with van der Waals surface area (Å²) in [5, 5.41) is 24.3. The number of benzene rings is 6. The fourth-order valence-corrected chi connectivity index (χ4v) is 7.35. The molecule has 0 saturated heterocycles. The van der Waals surface area contributed by atoms with Gasteiger partial charge in [-0.1, -0.05) is 53.4 Å². The fourth-order valence-electron chi connectivity index (χ4n) is 7.35. The molecule has 18 nitrogen and oxygen atoms in total. The Bertz CT molecular complexity index is 3570. The number of carbonyl (C=O) groups is 3. The number of aromatic nitrogens is 8. The molecule has 18 heteroatoms. The van der Waals surface area contributed by atoms with Gasteiger partial charge in [0.2, 0.25) is 0 Å². The van der Waals surface area contributed by atoms with E-state index in [1.54, 1.807) is 58.8 Å². The minimum absolute atomic E-state index is 0.246. The lowest BCUT2D eigenvalue weighted by atomic mass is 10.1. The molecular formula is C49H40N14O4. The van der Waals surface area contributed by atoms with Crippen LogP contribution in [0, 0.1) is 0 Å². The third-order valence-electron chi connectivity index (χ3n) is 10.7. The minimum atomic E-state index is -0.760. The Morgan fingerprint density at radius 1 is 0.507 bits per heavy atom. The summed E-state index contributed by atoms with van der Waals surface area (Å²) in [6.07, 6.45) is 2.43. The van der Waals surface area contributed by atoms with Gasteiger partial charge in [0.05, 0.1) is 28.9 Å². The van der Waals surface area contributed by atoms with Gasteiger partial charge in [-0.25, -0.2) is 34.3 Å². The van der Waals surface area contributed by atoms with E-state index in [1.807, 2.05) is 115 Å². The summed E-state index contributed by atoms with van der Waals surface area (Å²) in [5.74, 6) is 2.10. The number of urea groups is 2. The molecule has 0 fully saturated rings. The number of hydrogen-bond acceptors (Lipinski definition) is 12. The number of nitrogens with one attached hydrogen (secondary N) is 4. The van der Waals surface area contributed by atoms with Crippen LogP contribution in [0.25, 0.3) is 66.4 Å². The largest absolute Gasteiger partial charge is 0.461 e. The van der Waals surface area contributed by atoms with Gasteiger partial charge in [0.15, 0.2) is 11.6 Å². The third-order valence-corrected chi connectivity index (χ3v) is 10.7. The summed E-state index contributed by atoms with van der Waals surface area (Å²) in [5.41, 5.74) is 6.63. The smallest absolute Gasteiger partial charge is 0.340 e. The van der Waals surface area contributed by atoms with Crippen LogP contribution in [0.2, 0.25) is 0 Å². The first-order chi connectivity index (χ1) is 32.5. The number of fused-ring (bicyclic) bond motifs is 4. The molecule has 0 aliphatic rings. The molecule has 0 unspecified atom stereocenters. The second-order valence-electron chi connectivity index (χ2n) is 15.9. The van der Waals surface area contributed by atoms with Crippen molar-refractivity contribution in [2.45, 2.75) is 0 Å². The van der Waals surface area contributed by atoms with Crippen LogP contribution in [0.1, 0.15) is 0 Å². The van der Waals surface area contributed by atoms with Crippen molar-refractivity contribution in [2.24, 2.45) is 0 Å². The first-order valence-corrected chi connectivity index (χ1v) is 21.0. The molecule has 330 valence electrons. The van der Waals surface area contributed by atoms with E-state index in [2.05, 4.69) is 31.5 Å².